The summed E-state index contributed by atoms with van der Waals surface area (Å²) in [6, 6.07) is 16.1. The Kier molecular flexibility index (Phi) is 4.55. The standard InChI is InChI=1S/C24H21ClN4O2/c25-16-4-7-21-20(12-16)19-8-11-29(24-26-9-1-10-27-24)23(22(19)28-21)15-2-5-17(6-3-15)30-13-18-14-31-18/h1-7,9-10,12,18,23,28H,8,11,13-14H2/t18-,23-/m0/s1. The zero-order valence-electron chi connectivity index (χ0n) is 16.8. The molecule has 0 radical (unpaired) electrons. The lowest BCUT2D eigenvalue weighted by Crippen LogP contribution is -2.37. The van der Waals surface area contributed by atoms with Crippen molar-refractivity contribution in [1.82, 2.24) is 15.0 Å². The van der Waals surface area contributed by atoms with E-state index in [1.165, 1.54) is 10.9 Å². The molecule has 2 aliphatic rings. The second kappa shape index (κ2) is 7.55. The average molecular weight is 433 g/mol. The highest BCUT2D eigenvalue weighted by molar-refractivity contribution is 6.31. The molecule has 0 unspecified atom stereocenters. The molecule has 0 spiro atoms. The normalized spacial score (nSPS) is 20.0. The second-order valence-corrected chi connectivity index (χ2v) is 8.37. The number of H-pyrrole nitrogens is 1. The number of benzene rings is 2. The fourth-order valence-electron chi connectivity index (χ4n) is 4.36. The van der Waals surface area contributed by atoms with Gasteiger partial charge in [-0.3, -0.25) is 0 Å². The third kappa shape index (κ3) is 3.52. The van der Waals surface area contributed by atoms with Crippen LogP contribution >= 0.6 is 11.6 Å². The average Bonchev–Trinajstić information content (AvgIpc) is 3.57. The van der Waals surface area contributed by atoms with Gasteiger partial charge in [-0.2, -0.15) is 0 Å². The molecule has 7 heteroatoms. The zero-order chi connectivity index (χ0) is 20.8. The molecule has 2 atom stereocenters. The number of ether oxygens (including phenoxy) is 2. The molecule has 1 N–H and O–H groups in total. The third-order valence-electron chi connectivity index (χ3n) is 5.93. The van der Waals surface area contributed by atoms with Crippen LogP contribution in [0.1, 0.15) is 22.9 Å². The molecule has 2 aromatic heterocycles. The van der Waals surface area contributed by atoms with Crippen LogP contribution in [0, 0.1) is 0 Å². The van der Waals surface area contributed by atoms with Crippen LogP contribution in [0.2, 0.25) is 5.02 Å². The van der Waals surface area contributed by atoms with E-state index < -0.39 is 0 Å². The van der Waals surface area contributed by atoms with E-state index in [0.29, 0.717) is 6.61 Å². The maximum absolute atomic E-state index is 6.30. The fourth-order valence-corrected chi connectivity index (χ4v) is 4.53. The number of hydrogen-bond acceptors (Lipinski definition) is 5. The predicted molar refractivity (Wildman–Crippen MR) is 120 cm³/mol. The monoisotopic (exact) mass is 432 g/mol. The van der Waals surface area contributed by atoms with Crippen molar-refractivity contribution in [3.63, 3.8) is 0 Å². The first-order valence-corrected chi connectivity index (χ1v) is 10.8. The zero-order valence-corrected chi connectivity index (χ0v) is 17.5. The lowest BCUT2D eigenvalue weighted by molar-refractivity contribution is 0.263. The SMILES string of the molecule is Clc1ccc2[nH]c3c(c2c1)CCN(c1ncccn1)[C@H]3c1ccc(OC[C@H]2CO2)cc1. The number of rotatable bonds is 5. The molecule has 2 aliphatic heterocycles. The fraction of sp³-hybridized carbons (Fsp3) is 0.250. The van der Waals surface area contributed by atoms with Crippen molar-refractivity contribution in [3.05, 3.63) is 82.8 Å². The van der Waals surface area contributed by atoms with Gasteiger partial charge in [-0.1, -0.05) is 23.7 Å². The number of aromatic nitrogens is 3. The Morgan fingerprint density at radius 3 is 2.71 bits per heavy atom. The molecule has 156 valence electrons. The van der Waals surface area contributed by atoms with Crippen LogP contribution in [0.15, 0.2) is 60.9 Å². The minimum absolute atomic E-state index is 0.0295. The van der Waals surface area contributed by atoms with Gasteiger partial charge in [0.2, 0.25) is 5.95 Å². The molecule has 2 aromatic carbocycles. The van der Waals surface area contributed by atoms with Gasteiger partial charge in [0.15, 0.2) is 0 Å². The minimum Gasteiger partial charge on any atom is -0.491 e. The highest BCUT2D eigenvalue weighted by Gasteiger charge is 2.33. The van der Waals surface area contributed by atoms with Crippen LogP contribution in [0.5, 0.6) is 5.75 Å². The maximum Gasteiger partial charge on any atom is 0.226 e. The summed E-state index contributed by atoms with van der Waals surface area (Å²) in [7, 11) is 0. The van der Waals surface area contributed by atoms with Crippen molar-refractivity contribution in [2.45, 2.75) is 18.6 Å². The van der Waals surface area contributed by atoms with Crippen LogP contribution in [0.3, 0.4) is 0 Å². The molecule has 0 amide bonds. The van der Waals surface area contributed by atoms with Gasteiger partial charge in [0.05, 0.1) is 12.6 Å². The Balaban J connectivity index is 1.42. The van der Waals surface area contributed by atoms with Gasteiger partial charge >= 0.3 is 0 Å². The minimum atomic E-state index is -0.0295. The Bertz CT molecular complexity index is 1220. The van der Waals surface area contributed by atoms with Crippen LogP contribution in [-0.2, 0) is 11.2 Å². The van der Waals surface area contributed by atoms with Crippen LogP contribution < -0.4 is 9.64 Å². The van der Waals surface area contributed by atoms with Crippen molar-refractivity contribution in [2.75, 3.05) is 24.7 Å². The summed E-state index contributed by atoms with van der Waals surface area (Å²) >= 11 is 6.30. The Morgan fingerprint density at radius 1 is 1.13 bits per heavy atom. The molecule has 31 heavy (non-hydrogen) atoms. The highest BCUT2D eigenvalue weighted by Crippen LogP contribution is 2.40. The second-order valence-electron chi connectivity index (χ2n) is 7.94. The number of nitrogens with one attached hydrogen (secondary N) is 1. The van der Waals surface area contributed by atoms with Crippen molar-refractivity contribution in [2.24, 2.45) is 0 Å². The highest BCUT2D eigenvalue weighted by atomic mass is 35.5. The third-order valence-corrected chi connectivity index (χ3v) is 6.17. The number of hydrogen-bond donors (Lipinski definition) is 1. The van der Waals surface area contributed by atoms with Crippen molar-refractivity contribution in [3.8, 4) is 5.75 Å². The van der Waals surface area contributed by atoms with Crippen molar-refractivity contribution < 1.29 is 9.47 Å². The molecule has 1 fully saturated rings. The van der Waals surface area contributed by atoms with Gasteiger partial charge < -0.3 is 19.4 Å². The number of fused-ring (bicyclic) bond motifs is 3. The first-order valence-electron chi connectivity index (χ1n) is 10.4. The van der Waals surface area contributed by atoms with E-state index in [1.54, 1.807) is 12.4 Å². The van der Waals surface area contributed by atoms with Gasteiger partial charge in [-0.05, 0) is 53.9 Å². The molecule has 6 rings (SSSR count). The van der Waals surface area contributed by atoms with Crippen molar-refractivity contribution in [1.29, 1.82) is 0 Å². The van der Waals surface area contributed by atoms with E-state index in [2.05, 4.69) is 38.1 Å². The Labute approximate surface area is 184 Å². The number of anilines is 1. The molecule has 4 heterocycles. The summed E-state index contributed by atoms with van der Waals surface area (Å²) in [5, 5.41) is 1.94. The van der Waals surface area contributed by atoms with E-state index in [-0.39, 0.29) is 12.1 Å². The summed E-state index contributed by atoms with van der Waals surface area (Å²) < 4.78 is 11.1. The summed E-state index contributed by atoms with van der Waals surface area (Å²) in [5.41, 5.74) is 4.72. The number of nitrogens with zero attached hydrogens (tertiary/aromatic N) is 3. The van der Waals surface area contributed by atoms with E-state index >= 15 is 0 Å². The van der Waals surface area contributed by atoms with Crippen LogP contribution in [0.25, 0.3) is 10.9 Å². The largest absolute Gasteiger partial charge is 0.491 e. The summed E-state index contributed by atoms with van der Waals surface area (Å²) in [6.07, 6.45) is 4.71. The summed E-state index contributed by atoms with van der Waals surface area (Å²) in [6.45, 7) is 2.21. The lowest BCUT2D eigenvalue weighted by atomic mass is 9.92. The number of aromatic amines is 1. The van der Waals surface area contributed by atoms with E-state index in [1.807, 2.05) is 30.3 Å². The molecule has 0 aliphatic carbocycles. The van der Waals surface area contributed by atoms with Gasteiger partial charge in [-0.25, -0.2) is 9.97 Å². The summed E-state index contributed by atoms with van der Waals surface area (Å²) in [4.78, 5) is 15.0. The van der Waals surface area contributed by atoms with Crippen molar-refractivity contribution >= 4 is 28.5 Å². The van der Waals surface area contributed by atoms with E-state index in [0.717, 1.165) is 53.1 Å². The van der Waals surface area contributed by atoms with Gasteiger partial charge in [-0.15, -0.1) is 0 Å². The van der Waals surface area contributed by atoms with Gasteiger partial charge in [0, 0.05) is 40.6 Å². The van der Waals surface area contributed by atoms with Crippen LogP contribution in [0.4, 0.5) is 5.95 Å². The molecular formula is C24H21ClN4O2. The molecular weight excluding hydrogens is 412 g/mol. The topological polar surface area (TPSA) is 66.6 Å². The molecule has 0 bridgehead atoms. The molecule has 4 aromatic rings. The number of epoxide rings is 1. The maximum atomic E-state index is 6.30. The van der Waals surface area contributed by atoms with Crippen LogP contribution in [-0.4, -0.2) is 40.8 Å². The van der Waals surface area contributed by atoms with E-state index in [4.69, 9.17) is 21.1 Å². The smallest absolute Gasteiger partial charge is 0.226 e. The quantitative estimate of drug-likeness (QED) is 0.469. The molecule has 1 saturated heterocycles. The predicted octanol–water partition coefficient (Wildman–Crippen LogP) is 4.54. The number of halogens is 1. The van der Waals surface area contributed by atoms with Gasteiger partial charge in [0.1, 0.15) is 18.5 Å². The van der Waals surface area contributed by atoms with Gasteiger partial charge in [0.25, 0.3) is 0 Å². The Morgan fingerprint density at radius 2 is 1.94 bits per heavy atom. The molecule has 6 nitrogen and oxygen atoms in total. The first-order chi connectivity index (χ1) is 15.3. The molecule has 0 saturated carbocycles. The van der Waals surface area contributed by atoms with E-state index in [9.17, 15) is 0 Å². The summed E-state index contributed by atoms with van der Waals surface area (Å²) in [5.74, 6) is 1.57. The first kappa shape index (κ1) is 18.7. The lowest BCUT2D eigenvalue weighted by Gasteiger charge is -2.36. The Hall–Kier alpha value is -3.09.